The minimum atomic E-state index is -0.0582. The van der Waals surface area contributed by atoms with E-state index in [4.69, 9.17) is 16.6 Å². The van der Waals surface area contributed by atoms with Crippen molar-refractivity contribution in [3.05, 3.63) is 70.5 Å². The maximum absolute atomic E-state index is 12.6. The molecule has 1 saturated heterocycles. The quantitative estimate of drug-likeness (QED) is 0.670. The Labute approximate surface area is 167 Å². The van der Waals surface area contributed by atoms with Crippen molar-refractivity contribution in [3.8, 4) is 10.6 Å². The smallest absolute Gasteiger partial charge is 0.272 e. The molecule has 0 spiro atoms. The largest absolute Gasteiger partial charge is 0.335 e. The molecule has 5 nitrogen and oxygen atoms in total. The Hall–Kier alpha value is -2.28. The monoisotopic (exact) mass is 398 g/mol. The number of carbonyl (C=O) groups is 1. The second-order valence-corrected chi connectivity index (χ2v) is 7.73. The standard InChI is InChI=1S/C20H19ClN4OS/c21-16-6-7-22-18(12-16)20(26)25-10-8-24(9-11-25)13-17-14-27-19(23-17)15-4-2-1-3-5-15/h1-7,12,14H,8-11,13H2. The molecule has 0 atom stereocenters. The Bertz CT molecular complexity index is 922. The molecule has 1 amide bonds. The molecule has 1 aliphatic heterocycles. The molecule has 1 fully saturated rings. The summed E-state index contributed by atoms with van der Waals surface area (Å²) < 4.78 is 0. The van der Waals surface area contributed by atoms with Crippen molar-refractivity contribution >= 4 is 28.8 Å². The van der Waals surface area contributed by atoms with Crippen molar-refractivity contribution in [2.24, 2.45) is 0 Å². The normalized spacial score (nSPS) is 15.1. The van der Waals surface area contributed by atoms with Crippen LogP contribution in [-0.4, -0.2) is 51.9 Å². The summed E-state index contributed by atoms with van der Waals surface area (Å²) in [6.07, 6.45) is 1.57. The molecular weight excluding hydrogens is 380 g/mol. The molecule has 27 heavy (non-hydrogen) atoms. The highest BCUT2D eigenvalue weighted by Crippen LogP contribution is 2.24. The lowest BCUT2D eigenvalue weighted by Crippen LogP contribution is -2.48. The third-order valence-electron chi connectivity index (χ3n) is 4.56. The molecule has 3 heterocycles. The zero-order valence-corrected chi connectivity index (χ0v) is 16.3. The summed E-state index contributed by atoms with van der Waals surface area (Å²) in [5.74, 6) is -0.0582. The summed E-state index contributed by atoms with van der Waals surface area (Å²) in [7, 11) is 0. The van der Waals surface area contributed by atoms with Crippen molar-refractivity contribution in [3.63, 3.8) is 0 Å². The summed E-state index contributed by atoms with van der Waals surface area (Å²) in [6.45, 7) is 3.82. The van der Waals surface area contributed by atoms with E-state index in [0.29, 0.717) is 23.8 Å². The van der Waals surface area contributed by atoms with Crippen molar-refractivity contribution in [2.75, 3.05) is 26.2 Å². The minimum absolute atomic E-state index is 0.0582. The first-order valence-corrected chi connectivity index (χ1v) is 10.1. The third kappa shape index (κ3) is 4.35. The molecule has 0 aliphatic carbocycles. The fourth-order valence-corrected chi connectivity index (χ4v) is 4.09. The van der Waals surface area contributed by atoms with Crippen LogP contribution in [0, 0.1) is 0 Å². The Morgan fingerprint density at radius 1 is 1.11 bits per heavy atom. The van der Waals surface area contributed by atoms with Gasteiger partial charge in [0.1, 0.15) is 10.7 Å². The lowest BCUT2D eigenvalue weighted by molar-refractivity contribution is 0.0621. The number of benzene rings is 1. The maximum atomic E-state index is 12.6. The zero-order chi connectivity index (χ0) is 18.6. The molecule has 0 radical (unpaired) electrons. The Morgan fingerprint density at radius 2 is 1.89 bits per heavy atom. The Balaban J connectivity index is 1.33. The molecule has 0 saturated carbocycles. The van der Waals surface area contributed by atoms with E-state index in [1.165, 1.54) is 0 Å². The summed E-state index contributed by atoms with van der Waals surface area (Å²) >= 11 is 7.63. The average molecular weight is 399 g/mol. The van der Waals surface area contributed by atoms with Crippen LogP contribution in [0.15, 0.2) is 54.0 Å². The van der Waals surface area contributed by atoms with Gasteiger partial charge < -0.3 is 4.90 Å². The van der Waals surface area contributed by atoms with E-state index in [1.807, 2.05) is 23.1 Å². The van der Waals surface area contributed by atoms with Gasteiger partial charge in [-0.2, -0.15) is 0 Å². The molecule has 0 unspecified atom stereocenters. The van der Waals surface area contributed by atoms with Gasteiger partial charge in [-0.25, -0.2) is 4.98 Å². The van der Waals surface area contributed by atoms with E-state index in [2.05, 4.69) is 27.4 Å². The first-order valence-electron chi connectivity index (χ1n) is 8.82. The van der Waals surface area contributed by atoms with Crippen molar-refractivity contribution in [1.29, 1.82) is 0 Å². The first-order chi connectivity index (χ1) is 13.2. The second-order valence-electron chi connectivity index (χ2n) is 6.44. The van der Waals surface area contributed by atoms with E-state index in [9.17, 15) is 4.79 Å². The van der Waals surface area contributed by atoms with E-state index in [0.717, 1.165) is 35.9 Å². The van der Waals surface area contributed by atoms with E-state index in [1.54, 1.807) is 29.7 Å². The van der Waals surface area contributed by atoms with E-state index in [-0.39, 0.29) is 5.91 Å². The number of thiazole rings is 1. The minimum Gasteiger partial charge on any atom is -0.335 e. The van der Waals surface area contributed by atoms with Crippen molar-refractivity contribution < 1.29 is 4.79 Å². The molecule has 7 heteroatoms. The predicted octanol–water partition coefficient (Wildman–Crippen LogP) is 3.82. The number of pyridine rings is 1. The molecule has 4 rings (SSSR count). The number of piperazine rings is 1. The van der Waals surface area contributed by atoms with Gasteiger partial charge in [0.05, 0.1) is 5.69 Å². The van der Waals surface area contributed by atoms with Gasteiger partial charge in [0, 0.05) is 54.9 Å². The van der Waals surface area contributed by atoms with Gasteiger partial charge in [0.2, 0.25) is 0 Å². The number of amides is 1. The summed E-state index contributed by atoms with van der Waals surface area (Å²) in [5.41, 5.74) is 2.64. The number of halogens is 1. The lowest BCUT2D eigenvalue weighted by atomic mass is 10.2. The number of rotatable bonds is 4. The molecule has 0 N–H and O–H groups in total. The maximum Gasteiger partial charge on any atom is 0.272 e. The SMILES string of the molecule is O=C(c1cc(Cl)ccn1)N1CCN(Cc2csc(-c3ccccc3)n2)CC1. The fraction of sp³-hybridized carbons (Fsp3) is 0.250. The number of hydrogen-bond donors (Lipinski definition) is 0. The number of hydrogen-bond acceptors (Lipinski definition) is 5. The van der Waals surface area contributed by atoms with E-state index >= 15 is 0 Å². The van der Waals surface area contributed by atoms with Crippen LogP contribution in [0.4, 0.5) is 0 Å². The fourth-order valence-electron chi connectivity index (χ4n) is 3.11. The van der Waals surface area contributed by atoms with Crippen LogP contribution in [0.3, 0.4) is 0 Å². The van der Waals surface area contributed by atoms with Gasteiger partial charge in [0.15, 0.2) is 0 Å². The summed E-state index contributed by atoms with van der Waals surface area (Å²) in [4.78, 5) is 25.6. The molecule has 3 aromatic rings. The van der Waals surface area contributed by atoms with Gasteiger partial charge in [-0.3, -0.25) is 14.7 Å². The van der Waals surface area contributed by atoms with Gasteiger partial charge in [0.25, 0.3) is 5.91 Å². The van der Waals surface area contributed by atoms with Gasteiger partial charge in [-0.1, -0.05) is 41.9 Å². The highest BCUT2D eigenvalue weighted by molar-refractivity contribution is 7.13. The van der Waals surface area contributed by atoms with Crippen LogP contribution in [0.2, 0.25) is 5.02 Å². The number of nitrogens with zero attached hydrogens (tertiary/aromatic N) is 4. The molecule has 2 aromatic heterocycles. The van der Waals surface area contributed by atoms with Crippen LogP contribution in [0.25, 0.3) is 10.6 Å². The summed E-state index contributed by atoms with van der Waals surface area (Å²) in [6, 6.07) is 13.5. The zero-order valence-electron chi connectivity index (χ0n) is 14.7. The first kappa shape index (κ1) is 18.1. The van der Waals surface area contributed by atoms with Crippen molar-refractivity contribution in [2.45, 2.75) is 6.54 Å². The van der Waals surface area contributed by atoms with Gasteiger partial charge in [-0.05, 0) is 12.1 Å². The van der Waals surface area contributed by atoms with Crippen LogP contribution in [-0.2, 0) is 6.54 Å². The molecule has 1 aliphatic rings. The van der Waals surface area contributed by atoms with Crippen LogP contribution >= 0.6 is 22.9 Å². The number of aromatic nitrogens is 2. The molecular formula is C20H19ClN4OS. The van der Waals surface area contributed by atoms with Crippen LogP contribution < -0.4 is 0 Å². The molecule has 0 bridgehead atoms. The second kappa shape index (κ2) is 8.17. The average Bonchev–Trinajstić information content (AvgIpc) is 3.17. The number of carbonyl (C=O) groups excluding carboxylic acids is 1. The molecule has 138 valence electrons. The van der Waals surface area contributed by atoms with Crippen LogP contribution in [0.1, 0.15) is 16.2 Å². The van der Waals surface area contributed by atoms with Gasteiger partial charge in [-0.15, -0.1) is 11.3 Å². The predicted molar refractivity (Wildman–Crippen MR) is 108 cm³/mol. The van der Waals surface area contributed by atoms with Gasteiger partial charge >= 0.3 is 0 Å². The highest BCUT2D eigenvalue weighted by Gasteiger charge is 2.23. The van der Waals surface area contributed by atoms with Crippen LogP contribution in [0.5, 0.6) is 0 Å². The topological polar surface area (TPSA) is 49.3 Å². The lowest BCUT2D eigenvalue weighted by Gasteiger charge is -2.34. The summed E-state index contributed by atoms with van der Waals surface area (Å²) in [5, 5.41) is 3.70. The third-order valence-corrected chi connectivity index (χ3v) is 5.73. The van der Waals surface area contributed by atoms with E-state index < -0.39 is 0 Å². The Morgan fingerprint density at radius 3 is 2.63 bits per heavy atom. The Kier molecular flexibility index (Phi) is 5.48. The molecule has 1 aromatic carbocycles. The van der Waals surface area contributed by atoms with Crippen molar-refractivity contribution in [1.82, 2.24) is 19.8 Å². The highest BCUT2D eigenvalue weighted by atomic mass is 35.5.